The van der Waals surface area contributed by atoms with Crippen molar-refractivity contribution in [2.75, 3.05) is 12.3 Å². The number of nitrogens with zero attached hydrogens (tertiary/aromatic N) is 1. The van der Waals surface area contributed by atoms with Gasteiger partial charge in [-0.15, -0.1) is 11.8 Å². The third-order valence-electron chi connectivity index (χ3n) is 4.49. The molecular formula is C22H26Cl2N2O2S. The number of thioether (sulfide) groups is 1. The van der Waals surface area contributed by atoms with Crippen LogP contribution in [0.2, 0.25) is 10.0 Å². The molecule has 0 saturated heterocycles. The zero-order chi connectivity index (χ0) is 21.4. The van der Waals surface area contributed by atoms with Crippen molar-refractivity contribution in [3.63, 3.8) is 0 Å². The minimum absolute atomic E-state index is 0.0839. The fraction of sp³-hybridized carbons (Fsp3) is 0.364. The molecule has 0 fully saturated rings. The molecule has 0 heterocycles. The van der Waals surface area contributed by atoms with Crippen LogP contribution >= 0.6 is 35.0 Å². The largest absolute Gasteiger partial charge is 0.355 e. The molecule has 0 aliphatic rings. The third kappa shape index (κ3) is 7.25. The Labute approximate surface area is 187 Å². The molecule has 2 rings (SSSR count). The number of carbonyl (C=O) groups excluding carboxylic acids is 2. The Balaban J connectivity index is 2.06. The fourth-order valence-corrected chi connectivity index (χ4v) is 4.23. The van der Waals surface area contributed by atoms with Crippen LogP contribution in [0.25, 0.3) is 0 Å². The molecule has 29 heavy (non-hydrogen) atoms. The molecule has 0 bridgehead atoms. The molecule has 2 amide bonds. The Morgan fingerprint density at radius 3 is 2.45 bits per heavy atom. The Bertz CT molecular complexity index is 843. The number of rotatable bonds is 9. The molecule has 2 aromatic carbocycles. The van der Waals surface area contributed by atoms with Gasteiger partial charge in [-0.2, -0.15) is 0 Å². The smallest absolute Gasteiger partial charge is 0.242 e. The number of carbonyl (C=O) groups is 2. The van der Waals surface area contributed by atoms with Crippen molar-refractivity contribution in [3.05, 3.63) is 69.2 Å². The summed E-state index contributed by atoms with van der Waals surface area (Å²) in [4.78, 5) is 27.0. The molecule has 2 aromatic rings. The summed E-state index contributed by atoms with van der Waals surface area (Å²) in [7, 11) is 0. The van der Waals surface area contributed by atoms with Gasteiger partial charge in [0.05, 0.1) is 5.75 Å². The van der Waals surface area contributed by atoms with E-state index in [1.165, 1.54) is 11.8 Å². The summed E-state index contributed by atoms with van der Waals surface area (Å²) in [6, 6.07) is 12.8. The average molecular weight is 453 g/mol. The first-order valence-corrected chi connectivity index (χ1v) is 11.4. The van der Waals surface area contributed by atoms with E-state index in [9.17, 15) is 9.59 Å². The van der Waals surface area contributed by atoms with Crippen molar-refractivity contribution < 1.29 is 9.59 Å². The standard InChI is InChI=1S/C22H26Cl2N2O2S/c1-4-25-22(28)16(3)26(12-17-7-5-15(2)6-8-17)21(27)14-29-13-18-9-10-19(23)11-20(18)24/h5-11,16H,4,12-14H2,1-3H3,(H,25,28). The van der Waals surface area contributed by atoms with Gasteiger partial charge < -0.3 is 10.2 Å². The maximum atomic E-state index is 13.0. The van der Waals surface area contributed by atoms with Crippen molar-refractivity contribution in [2.24, 2.45) is 0 Å². The van der Waals surface area contributed by atoms with Crippen LogP contribution in [0.4, 0.5) is 0 Å². The SMILES string of the molecule is CCNC(=O)C(C)N(Cc1ccc(C)cc1)C(=O)CSCc1ccc(Cl)cc1Cl. The normalized spacial score (nSPS) is 11.8. The van der Waals surface area contributed by atoms with E-state index in [-0.39, 0.29) is 17.6 Å². The number of benzene rings is 2. The van der Waals surface area contributed by atoms with E-state index in [0.29, 0.717) is 28.9 Å². The molecule has 0 radical (unpaired) electrons. The molecule has 1 N–H and O–H groups in total. The number of likely N-dealkylation sites (N-methyl/N-ethyl adjacent to an activating group) is 1. The maximum Gasteiger partial charge on any atom is 0.242 e. The number of aryl methyl sites for hydroxylation is 1. The fourth-order valence-electron chi connectivity index (χ4n) is 2.76. The zero-order valence-electron chi connectivity index (χ0n) is 16.9. The second-order valence-corrected chi connectivity index (χ2v) is 8.64. The number of halogens is 2. The summed E-state index contributed by atoms with van der Waals surface area (Å²) < 4.78 is 0. The zero-order valence-corrected chi connectivity index (χ0v) is 19.2. The van der Waals surface area contributed by atoms with E-state index in [2.05, 4.69) is 5.32 Å². The van der Waals surface area contributed by atoms with Gasteiger partial charge in [-0.05, 0) is 44.0 Å². The number of hydrogen-bond donors (Lipinski definition) is 1. The molecule has 4 nitrogen and oxygen atoms in total. The van der Waals surface area contributed by atoms with Gasteiger partial charge in [0.1, 0.15) is 6.04 Å². The van der Waals surface area contributed by atoms with Gasteiger partial charge in [-0.25, -0.2) is 0 Å². The lowest BCUT2D eigenvalue weighted by Gasteiger charge is -2.28. The van der Waals surface area contributed by atoms with Gasteiger partial charge in [0, 0.05) is 28.9 Å². The molecule has 0 aliphatic carbocycles. The maximum absolute atomic E-state index is 13.0. The quantitative estimate of drug-likeness (QED) is 0.576. The van der Waals surface area contributed by atoms with E-state index in [0.717, 1.165) is 16.7 Å². The first-order chi connectivity index (χ1) is 13.8. The molecule has 1 atom stereocenters. The second-order valence-electron chi connectivity index (χ2n) is 6.81. The summed E-state index contributed by atoms with van der Waals surface area (Å²) in [6.45, 7) is 6.56. The van der Waals surface area contributed by atoms with Gasteiger partial charge in [0.25, 0.3) is 0 Å². The number of nitrogens with one attached hydrogen (secondary N) is 1. The van der Waals surface area contributed by atoms with E-state index in [4.69, 9.17) is 23.2 Å². The highest BCUT2D eigenvalue weighted by molar-refractivity contribution is 7.99. The highest BCUT2D eigenvalue weighted by Gasteiger charge is 2.25. The molecule has 156 valence electrons. The van der Waals surface area contributed by atoms with Crippen LogP contribution in [0.3, 0.4) is 0 Å². The van der Waals surface area contributed by atoms with Crippen molar-refractivity contribution in [1.29, 1.82) is 0 Å². The van der Waals surface area contributed by atoms with Gasteiger partial charge >= 0.3 is 0 Å². The lowest BCUT2D eigenvalue weighted by Crippen LogP contribution is -2.48. The summed E-state index contributed by atoms with van der Waals surface area (Å²) in [5, 5.41) is 3.97. The first-order valence-electron chi connectivity index (χ1n) is 9.46. The Hall–Kier alpha value is -1.69. The van der Waals surface area contributed by atoms with Gasteiger partial charge in [-0.1, -0.05) is 59.1 Å². The monoisotopic (exact) mass is 452 g/mol. The van der Waals surface area contributed by atoms with Crippen LogP contribution in [0.5, 0.6) is 0 Å². The predicted molar refractivity (Wildman–Crippen MR) is 122 cm³/mol. The lowest BCUT2D eigenvalue weighted by atomic mass is 10.1. The Kier molecular flexibility index (Phi) is 9.34. The molecule has 0 spiro atoms. The van der Waals surface area contributed by atoms with Gasteiger partial charge in [0.15, 0.2) is 0 Å². The van der Waals surface area contributed by atoms with Gasteiger partial charge in [-0.3, -0.25) is 9.59 Å². The van der Waals surface area contributed by atoms with E-state index in [1.807, 2.05) is 44.2 Å². The highest BCUT2D eigenvalue weighted by atomic mass is 35.5. The minimum Gasteiger partial charge on any atom is -0.355 e. The molecular weight excluding hydrogens is 427 g/mol. The van der Waals surface area contributed by atoms with Gasteiger partial charge in [0.2, 0.25) is 11.8 Å². The van der Waals surface area contributed by atoms with Crippen LogP contribution in [-0.2, 0) is 21.9 Å². The summed E-state index contributed by atoms with van der Waals surface area (Å²) >= 11 is 13.6. The van der Waals surface area contributed by atoms with Crippen molar-refractivity contribution >= 4 is 46.8 Å². The number of hydrogen-bond acceptors (Lipinski definition) is 3. The molecule has 0 saturated carbocycles. The second kappa shape index (κ2) is 11.5. The first kappa shape index (κ1) is 23.6. The molecule has 1 unspecified atom stereocenters. The molecule has 0 aromatic heterocycles. The minimum atomic E-state index is -0.552. The van der Waals surface area contributed by atoms with Crippen LogP contribution < -0.4 is 5.32 Å². The average Bonchev–Trinajstić information content (AvgIpc) is 2.68. The van der Waals surface area contributed by atoms with Crippen molar-refractivity contribution in [2.45, 2.75) is 39.1 Å². The van der Waals surface area contributed by atoms with Crippen LogP contribution in [0, 0.1) is 6.92 Å². The van der Waals surface area contributed by atoms with Crippen molar-refractivity contribution in [1.82, 2.24) is 10.2 Å². The summed E-state index contributed by atoms with van der Waals surface area (Å²) in [5.74, 6) is 0.614. The predicted octanol–water partition coefficient (Wildman–Crippen LogP) is 5.09. The van der Waals surface area contributed by atoms with Crippen LogP contribution in [0.15, 0.2) is 42.5 Å². The molecule has 0 aliphatic heterocycles. The van der Waals surface area contributed by atoms with E-state index < -0.39 is 6.04 Å². The Morgan fingerprint density at radius 2 is 1.83 bits per heavy atom. The van der Waals surface area contributed by atoms with Crippen LogP contribution in [0.1, 0.15) is 30.5 Å². The highest BCUT2D eigenvalue weighted by Crippen LogP contribution is 2.25. The summed E-state index contributed by atoms with van der Waals surface area (Å²) in [6.07, 6.45) is 0. The number of amides is 2. The summed E-state index contributed by atoms with van der Waals surface area (Å²) in [5.41, 5.74) is 3.07. The Morgan fingerprint density at radius 1 is 1.14 bits per heavy atom. The van der Waals surface area contributed by atoms with E-state index in [1.54, 1.807) is 24.0 Å². The molecule has 7 heteroatoms. The topological polar surface area (TPSA) is 49.4 Å². The third-order valence-corrected chi connectivity index (χ3v) is 6.04. The van der Waals surface area contributed by atoms with E-state index >= 15 is 0 Å². The van der Waals surface area contributed by atoms with Crippen LogP contribution in [-0.4, -0.2) is 35.1 Å². The van der Waals surface area contributed by atoms with Crippen molar-refractivity contribution in [3.8, 4) is 0 Å². The lowest BCUT2D eigenvalue weighted by molar-refractivity contribution is -0.138.